The van der Waals surface area contributed by atoms with Gasteiger partial charge >= 0.3 is 0 Å². The number of halogens is 1. The number of nitrogens with zero attached hydrogens (tertiary/aromatic N) is 1. The molecule has 98 valence electrons. The summed E-state index contributed by atoms with van der Waals surface area (Å²) in [5.74, 6) is 0.0987. The second kappa shape index (κ2) is 8.09. The Labute approximate surface area is 118 Å². The second-order valence-electron chi connectivity index (χ2n) is 4.21. The third-order valence-electron chi connectivity index (χ3n) is 2.59. The van der Waals surface area contributed by atoms with Gasteiger partial charge in [-0.3, -0.25) is 4.79 Å². The van der Waals surface area contributed by atoms with Gasteiger partial charge in [0.05, 0.1) is 0 Å². The van der Waals surface area contributed by atoms with Crippen molar-refractivity contribution < 1.29 is 4.79 Å². The molecule has 0 aromatic heterocycles. The minimum atomic E-state index is 0.0987. The van der Waals surface area contributed by atoms with E-state index in [0.717, 1.165) is 36.0 Å². The third kappa shape index (κ3) is 5.05. The summed E-state index contributed by atoms with van der Waals surface area (Å²) in [6, 6.07) is 7.91. The molecule has 1 aromatic carbocycles. The SMILES string of the molecule is CCCN(CCC)C(=O)C=Cc1ccc(Br)cc1. The lowest BCUT2D eigenvalue weighted by Gasteiger charge is -2.19. The van der Waals surface area contributed by atoms with Crippen molar-refractivity contribution in [2.75, 3.05) is 13.1 Å². The highest BCUT2D eigenvalue weighted by molar-refractivity contribution is 9.10. The van der Waals surface area contributed by atoms with E-state index in [1.807, 2.05) is 35.2 Å². The number of carbonyl (C=O) groups is 1. The van der Waals surface area contributed by atoms with E-state index >= 15 is 0 Å². The predicted octanol–water partition coefficient (Wildman–Crippen LogP) is 4.11. The van der Waals surface area contributed by atoms with Gasteiger partial charge in [-0.05, 0) is 36.6 Å². The van der Waals surface area contributed by atoms with Crippen LogP contribution in [-0.4, -0.2) is 23.9 Å². The van der Waals surface area contributed by atoms with Gasteiger partial charge in [0.25, 0.3) is 0 Å². The maximum atomic E-state index is 12.0. The molecule has 0 atom stereocenters. The van der Waals surface area contributed by atoms with Gasteiger partial charge < -0.3 is 4.90 Å². The molecular formula is C15H20BrNO. The molecule has 1 aromatic rings. The smallest absolute Gasteiger partial charge is 0.246 e. The molecule has 0 saturated carbocycles. The molecule has 3 heteroatoms. The average Bonchev–Trinajstić information content (AvgIpc) is 2.37. The number of amides is 1. The van der Waals surface area contributed by atoms with E-state index in [9.17, 15) is 4.79 Å². The molecular weight excluding hydrogens is 290 g/mol. The molecule has 0 saturated heterocycles. The van der Waals surface area contributed by atoms with Crippen LogP contribution in [0.2, 0.25) is 0 Å². The van der Waals surface area contributed by atoms with Gasteiger partial charge in [-0.15, -0.1) is 0 Å². The minimum absolute atomic E-state index is 0.0987. The van der Waals surface area contributed by atoms with E-state index < -0.39 is 0 Å². The molecule has 0 spiro atoms. The fourth-order valence-corrected chi connectivity index (χ4v) is 1.98. The van der Waals surface area contributed by atoms with Gasteiger partial charge in [-0.1, -0.05) is 41.9 Å². The van der Waals surface area contributed by atoms with Crippen molar-refractivity contribution in [3.05, 3.63) is 40.4 Å². The van der Waals surface area contributed by atoms with Crippen molar-refractivity contribution in [1.82, 2.24) is 4.90 Å². The van der Waals surface area contributed by atoms with E-state index in [1.165, 1.54) is 0 Å². The lowest BCUT2D eigenvalue weighted by Crippen LogP contribution is -2.30. The monoisotopic (exact) mass is 309 g/mol. The Morgan fingerprint density at radius 3 is 2.22 bits per heavy atom. The zero-order valence-corrected chi connectivity index (χ0v) is 12.6. The Kier molecular flexibility index (Phi) is 6.73. The summed E-state index contributed by atoms with van der Waals surface area (Å²) in [5, 5.41) is 0. The highest BCUT2D eigenvalue weighted by atomic mass is 79.9. The van der Waals surface area contributed by atoms with Crippen LogP contribution in [-0.2, 0) is 4.79 Å². The molecule has 0 aliphatic heterocycles. The maximum absolute atomic E-state index is 12.0. The maximum Gasteiger partial charge on any atom is 0.246 e. The highest BCUT2D eigenvalue weighted by Crippen LogP contribution is 2.11. The van der Waals surface area contributed by atoms with Crippen molar-refractivity contribution in [2.24, 2.45) is 0 Å². The largest absolute Gasteiger partial charge is 0.339 e. The Morgan fingerprint density at radius 2 is 1.72 bits per heavy atom. The molecule has 2 nitrogen and oxygen atoms in total. The minimum Gasteiger partial charge on any atom is -0.339 e. The van der Waals surface area contributed by atoms with Crippen LogP contribution in [0.3, 0.4) is 0 Å². The quantitative estimate of drug-likeness (QED) is 0.724. The first kappa shape index (κ1) is 15.0. The van der Waals surface area contributed by atoms with Crippen molar-refractivity contribution in [3.8, 4) is 0 Å². The van der Waals surface area contributed by atoms with Crippen molar-refractivity contribution in [1.29, 1.82) is 0 Å². The topological polar surface area (TPSA) is 20.3 Å². The average molecular weight is 310 g/mol. The number of carbonyl (C=O) groups excluding carboxylic acids is 1. The van der Waals surface area contributed by atoms with Gasteiger partial charge in [0.15, 0.2) is 0 Å². The van der Waals surface area contributed by atoms with Crippen LogP contribution >= 0.6 is 15.9 Å². The van der Waals surface area contributed by atoms with E-state index in [1.54, 1.807) is 6.08 Å². The molecule has 0 radical (unpaired) electrons. The zero-order chi connectivity index (χ0) is 13.4. The normalized spacial score (nSPS) is 10.8. The summed E-state index contributed by atoms with van der Waals surface area (Å²) >= 11 is 3.39. The summed E-state index contributed by atoms with van der Waals surface area (Å²) in [6.45, 7) is 5.84. The number of hydrogen-bond donors (Lipinski definition) is 0. The second-order valence-corrected chi connectivity index (χ2v) is 5.13. The van der Waals surface area contributed by atoms with Gasteiger partial charge in [0, 0.05) is 23.6 Å². The summed E-state index contributed by atoms with van der Waals surface area (Å²) < 4.78 is 1.05. The van der Waals surface area contributed by atoms with Crippen LogP contribution in [0.4, 0.5) is 0 Å². The third-order valence-corrected chi connectivity index (χ3v) is 3.12. The lowest BCUT2D eigenvalue weighted by atomic mass is 10.2. The Hall–Kier alpha value is -1.09. The van der Waals surface area contributed by atoms with Crippen LogP contribution in [0.1, 0.15) is 32.3 Å². The van der Waals surface area contributed by atoms with Crippen LogP contribution < -0.4 is 0 Å². The van der Waals surface area contributed by atoms with Gasteiger partial charge in [-0.25, -0.2) is 0 Å². The molecule has 0 N–H and O–H groups in total. The molecule has 0 aliphatic rings. The summed E-state index contributed by atoms with van der Waals surface area (Å²) in [6.07, 6.45) is 5.53. The molecule has 0 heterocycles. The molecule has 0 aliphatic carbocycles. The summed E-state index contributed by atoms with van der Waals surface area (Å²) in [5.41, 5.74) is 1.04. The van der Waals surface area contributed by atoms with Crippen LogP contribution in [0.25, 0.3) is 6.08 Å². The van der Waals surface area contributed by atoms with E-state index in [0.29, 0.717) is 0 Å². The summed E-state index contributed by atoms with van der Waals surface area (Å²) in [7, 11) is 0. The van der Waals surface area contributed by atoms with Gasteiger partial charge in [-0.2, -0.15) is 0 Å². The first-order valence-corrected chi connectivity index (χ1v) is 7.19. The summed E-state index contributed by atoms with van der Waals surface area (Å²) in [4.78, 5) is 13.9. The molecule has 18 heavy (non-hydrogen) atoms. The van der Waals surface area contributed by atoms with Crippen molar-refractivity contribution in [3.63, 3.8) is 0 Å². The molecule has 0 unspecified atom stereocenters. The molecule has 1 amide bonds. The highest BCUT2D eigenvalue weighted by Gasteiger charge is 2.07. The number of hydrogen-bond acceptors (Lipinski definition) is 1. The first-order chi connectivity index (χ1) is 8.67. The number of rotatable bonds is 6. The van der Waals surface area contributed by atoms with E-state index in [2.05, 4.69) is 29.8 Å². The number of benzene rings is 1. The molecule has 0 fully saturated rings. The van der Waals surface area contributed by atoms with Gasteiger partial charge in [0.2, 0.25) is 5.91 Å². The van der Waals surface area contributed by atoms with Gasteiger partial charge in [0.1, 0.15) is 0 Å². The molecule has 1 rings (SSSR count). The van der Waals surface area contributed by atoms with Crippen LogP contribution in [0.15, 0.2) is 34.8 Å². The lowest BCUT2D eigenvalue weighted by molar-refractivity contribution is -0.126. The van der Waals surface area contributed by atoms with Crippen molar-refractivity contribution in [2.45, 2.75) is 26.7 Å². The fraction of sp³-hybridized carbons (Fsp3) is 0.400. The van der Waals surface area contributed by atoms with Crippen LogP contribution in [0, 0.1) is 0 Å². The zero-order valence-electron chi connectivity index (χ0n) is 11.0. The van der Waals surface area contributed by atoms with E-state index in [4.69, 9.17) is 0 Å². The molecule has 0 bridgehead atoms. The Bertz CT molecular complexity index is 391. The van der Waals surface area contributed by atoms with E-state index in [-0.39, 0.29) is 5.91 Å². The van der Waals surface area contributed by atoms with Crippen LogP contribution in [0.5, 0.6) is 0 Å². The predicted molar refractivity (Wildman–Crippen MR) is 80.3 cm³/mol. The first-order valence-electron chi connectivity index (χ1n) is 6.40. The Balaban J connectivity index is 2.63. The fourth-order valence-electron chi connectivity index (χ4n) is 1.72. The Morgan fingerprint density at radius 1 is 1.17 bits per heavy atom. The van der Waals surface area contributed by atoms with Crippen molar-refractivity contribution >= 4 is 27.9 Å². The standard InChI is InChI=1S/C15H20BrNO/c1-3-11-17(12-4-2)15(18)10-7-13-5-8-14(16)9-6-13/h5-10H,3-4,11-12H2,1-2H3.